The summed E-state index contributed by atoms with van der Waals surface area (Å²) in [6.07, 6.45) is 8.46. The van der Waals surface area contributed by atoms with E-state index in [1.54, 1.807) is 0 Å². The third-order valence-corrected chi connectivity index (χ3v) is 13.6. The number of fused-ring (bicyclic) bond motifs is 4. The van der Waals surface area contributed by atoms with Gasteiger partial charge < -0.3 is 0 Å². The summed E-state index contributed by atoms with van der Waals surface area (Å²) in [5.41, 5.74) is 22.8. The summed E-state index contributed by atoms with van der Waals surface area (Å²) >= 11 is 0. The molecule has 0 N–H and O–H groups in total. The van der Waals surface area contributed by atoms with Crippen molar-refractivity contribution in [2.75, 3.05) is 0 Å². The Hall–Kier alpha value is -9.64. The largest absolute Gasteiger partial charge is 0.249 e. The van der Waals surface area contributed by atoms with Gasteiger partial charge in [0.25, 0.3) is 0 Å². The normalized spacial score (nSPS) is 16.2. The predicted octanol–water partition coefficient (Wildman–Crippen LogP) is 15.8. The van der Waals surface area contributed by atoms with Crippen LogP contribution in [0.3, 0.4) is 0 Å². The van der Waals surface area contributed by atoms with Crippen molar-refractivity contribution in [3.63, 3.8) is 0 Å². The highest BCUT2D eigenvalue weighted by molar-refractivity contribution is 6.57. The Balaban J connectivity index is 1.27. The van der Waals surface area contributed by atoms with Crippen molar-refractivity contribution in [3.8, 4) is 0 Å². The van der Waals surface area contributed by atoms with Crippen molar-refractivity contribution >= 4 is 67.4 Å². The second kappa shape index (κ2) is 18.4. The molecule has 336 valence electrons. The Labute approximate surface area is 419 Å². The van der Waals surface area contributed by atoms with Gasteiger partial charge in [0.15, 0.2) is 0 Å². The zero-order chi connectivity index (χ0) is 47.8. The number of nitrogens with zero attached hydrogens (tertiary/aromatic N) is 4. The van der Waals surface area contributed by atoms with Crippen LogP contribution in [0.2, 0.25) is 0 Å². The first-order chi connectivity index (χ1) is 35.7. The van der Waals surface area contributed by atoms with Crippen LogP contribution >= 0.6 is 0 Å². The fraction of sp³-hybridized carbons (Fsp3) is 0. The Morgan fingerprint density at radius 1 is 0.222 bits per heavy atom. The molecule has 0 spiro atoms. The van der Waals surface area contributed by atoms with E-state index < -0.39 is 0 Å². The Morgan fingerprint density at radius 3 is 0.972 bits per heavy atom. The molecular weight excluding hydrogens is 873 g/mol. The van der Waals surface area contributed by atoms with E-state index >= 15 is 0 Å². The average Bonchev–Trinajstić information content (AvgIpc) is 4.25. The van der Waals surface area contributed by atoms with E-state index in [9.17, 15) is 0 Å². The summed E-state index contributed by atoms with van der Waals surface area (Å²) in [4.78, 5) is 23.2. The Morgan fingerprint density at radius 2 is 0.542 bits per heavy atom. The van der Waals surface area contributed by atoms with Crippen molar-refractivity contribution in [2.45, 2.75) is 0 Å². The molecule has 0 amide bonds. The van der Waals surface area contributed by atoms with Gasteiger partial charge in [0.2, 0.25) is 0 Å². The highest BCUT2D eigenvalue weighted by Gasteiger charge is 2.39. The van der Waals surface area contributed by atoms with Gasteiger partial charge >= 0.3 is 0 Å². The van der Waals surface area contributed by atoms with E-state index in [2.05, 4.69) is 267 Å². The van der Waals surface area contributed by atoms with Crippen LogP contribution < -0.4 is 0 Å². The van der Waals surface area contributed by atoms with Gasteiger partial charge in [-0.3, -0.25) is 0 Å². The lowest BCUT2D eigenvalue weighted by Gasteiger charge is -2.18. The van der Waals surface area contributed by atoms with Crippen LogP contribution in [0.5, 0.6) is 0 Å². The molecule has 0 saturated heterocycles. The quantitative estimate of drug-likeness (QED) is 0.146. The van der Waals surface area contributed by atoms with E-state index in [0.717, 1.165) is 135 Å². The second-order valence-corrected chi connectivity index (χ2v) is 18.0. The molecule has 4 heteroatoms. The van der Waals surface area contributed by atoms with Gasteiger partial charge in [-0.25, -0.2) is 20.0 Å². The number of hydrogen-bond donors (Lipinski definition) is 0. The third-order valence-electron chi connectivity index (χ3n) is 13.6. The molecule has 5 aliphatic heterocycles. The van der Waals surface area contributed by atoms with Crippen LogP contribution in [0.4, 0.5) is 0 Å². The third kappa shape index (κ3) is 7.59. The van der Waals surface area contributed by atoms with Crippen LogP contribution in [0.1, 0.15) is 44.5 Å². The molecule has 4 nitrogen and oxygen atoms in total. The van der Waals surface area contributed by atoms with E-state index in [1.807, 2.05) is 0 Å². The standard InChI is InChI=1S/C68H44N4/c1-9-25-45(26-10-1)57-55-43-53-41-42-54(69-53)44-56-58(46-27-11-2-12-28-46)60(48-31-15-4-16-32-48)66(71-56)64(52-39-23-8-24-40-52)68-62(50-35-19-6-20-36-50)61(49-33-17-5-18-34-49)67(72-68)63(51-37-21-7-22-38-51)65(70-55)59(57)47-29-13-3-14-30-47/h1-44H. The molecule has 0 fully saturated rings. The smallest absolute Gasteiger partial charge is 0.0823 e. The summed E-state index contributed by atoms with van der Waals surface area (Å²) in [5, 5.41) is 0. The maximum atomic E-state index is 6.17. The molecule has 0 aromatic heterocycles. The minimum Gasteiger partial charge on any atom is -0.249 e. The van der Waals surface area contributed by atoms with Crippen LogP contribution in [-0.4, -0.2) is 22.8 Å². The highest BCUT2D eigenvalue weighted by atomic mass is 14.9. The number of allylic oxidation sites excluding steroid dienone is 12. The molecule has 0 radical (unpaired) electrons. The van der Waals surface area contributed by atoms with Crippen molar-refractivity contribution in [1.82, 2.24) is 0 Å². The first-order valence-electron chi connectivity index (χ1n) is 24.4. The monoisotopic (exact) mass is 916 g/mol. The van der Waals surface area contributed by atoms with E-state index in [1.165, 1.54) is 0 Å². The topological polar surface area (TPSA) is 49.4 Å². The second-order valence-electron chi connectivity index (χ2n) is 18.0. The lowest BCUT2D eigenvalue weighted by molar-refractivity contribution is 1.41. The van der Waals surface area contributed by atoms with Crippen LogP contribution in [0, 0.1) is 0 Å². The maximum Gasteiger partial charge on any atom is 0.0823 e. The number of aliphatic imine (C=N–C) groups is 4. The zero-order valence-electron chi connectivity index (χ0n) is 39.2. The molecule has 8 bridgehead atoms. The summed E-state index contributed by atoms with van der Waals surface area (Å²) < 4.78 is 0. The maximum absolute atomic E-state index is 6.17. The molecule has 8 aromatic carbocycles. The van der Waals surface area contributed by atoms with Crippen LogP contribution in [-0.2, 0) is 0 Å². The van der Waals surface area contributed by atoms with Gasteiger partial charge in [-0.1, -0.05) is 243 Å². The molecule has 8 aromatic rings. The minimum absolute atomic E-state index is 0.799. The van der Waals surface area contributed by atoms with Crippen LogP contribution in [0.15, 0.2) is 310 Å². The molecule has 0 aliphatic carbocycles. The van der Waals surface area contributed by atoms with E-state index in [-0.39, 0.29) is 0 Å². The molecule has 0 saturated carbocycles. The van der Waals surface area contributed by atoms with Crippen molar-refractivity contribution < 1.29 is 0 Å². The van der Waals surface area contributed by atoms with Gasteiger partial charge in [0, 0.05) is 44.6 Å². The summed E-state index contributed by atoms with van der Waals surface area (Å²) in [6.45, 7) is 0. The summed E-state index contributed by atoms with van der Waals surface area (Å²) in [7, 11) is 0. The summed E-state index contributed by atoms with van der Waals surface area (Å²) in [5.74, 6) is 0. The molecule has 72 heavy (non-hydrogen) atoms. The molecule has 13 rings (SSSR count). The summed E-state index contributed by atoms with van der Waals surface area (Å²) in [6, 6.07) is 85.6. The molecule has 5 aliphatic rings. The first kappa shape index (κ1) is 42.5. The van der Waals surface area contributed by atoms with Gasteiger partial charge in [0.1, 0.15) is 0 Å². The molecule has 0 atom stereocenters. The van der Waals surface area contributed by atoms with Crippen molar-refractivity contribution in [3.05, 3.63) is 334 Å². The van der Waals surface area contributed by atoms with Crippen molar-refractivity contribution in [1.29, 1.82) is 0 Å². The van der Waals surface area contributed by atoms with Crippen molar-refractivity contribution in [2.24, 2.45) is 20.0 Å². The fourth-order valence-corrected chi connectivity index (χ4v) is 10.5. The van der Waals surface area contributed by atoms with E-state index in [0.29, 0.717) is 0 Å². The number of rotatable bonds is 8. The highest BCUT2D eigenvalue weighted by Crippen LogP contribution is 2.52. The van der Waals surface area contributed by atoms with Gasteiger partial charge in [-0.15, -0.1) is 0 Å². The van der Waals surface area contributed by atoms with Gasteiger partial charge in [-0.05, 0) is 68.8 Å². The minimum atomic E-state index is 0.799. The lowest BCUT2D eigenvalue weighted by Crippen LogP contribution is -2.07. The van der Waals surface area contributed by atoms with E-state index in [4.69, 9.17) is 20.0 Å². The fourth-order valence-electron chi connectivity index (χ4n) is 10.5. The Kier molecular flexibility index (Phi) is 10.8. The molecule has 0 unspecified atom stereocenters. The number of benzene rings is 8. The zero-order valence-corrected chi connectivity index (χ0v) is 39.2. The number of hydrogen-bond acceptors (Lipinski definition) is 4. The lowest BCUT2D eigenvalue weighted by atomic mass is 9.82. The van der Waals surface area contributed by atoms with Gasteiger partial charge in [0.05, 0.1) is 45.6 Å². The Bertz CT molecular complexity index is 3850. The SMILES string of the molecule is C1=CC2=NC1=CC1=NC(=C(c3ccccc3)C3=NC(=C(c4ccccc4)C4=NC(=C2)C(c2ccccc2)=C4c2ccccc2)C(c2ccccc2)=C3c2ccccc2)C(c2ccccc2)=C1c1ccccc1. The van der Waals surface area contributed by atoms with Gasteiger partial charge in [-0.2, -0.15) is 0 Å². The average molecular weight is 917 g/mol. The molecular formula is C68H44N4. The van der Waals surface area contributed by atoms with Crippen LogP contribution in [0.25, 0.3) is 44.6 Å². The predicted molar refractivity (Wildman–Crippen MR) is 301 cm³/mol. The first-order valence-corrected chi connectivity index (χ1v) is 24.4. The molecule has 5 heterocycles.